The molecule has 1 heterocycles. The van der Waals surface area contributed by atoms with Crippen LogP contribution in [0.15, 0.2) is 30.3 Å². The first-order valence-corrected chi connectivity index (χ1v) is 8.05. The topological polar surface area (TPSA) is 38.3 Å². The minimum atomic E-state index is -0.0282. The molecule has 1 N–H and O–H groups in total. The number of ether oxygens (including phenoxy) is 1. The minimum Gasteiger partial charge on any atom is -0.376 e. The molecule has 3 heteroatoms. The van der Waals surface area contributed by atoms with Gasteiger partial charge in [-0.15, -0.1) is 0 Å². The van der Waals surface area contributed by atoms with Gasteiger partial charge in [0.25, 0.3) is 5.91 Å². The first-order valence-electron chi connectivity index (χ1n) is 8.05. The van der Waals surface area contributed by atoms with Crippen LogP contribution in [0.3, 0.4) is 0 Å². The molecular formula is C19H27NO2. The Morgan fingerprint density at radius 3 is 2.45 bits per heavy atom. The molecule has 1 aromatic rings. The number of benzene rings is 1. The second-order valence-electron chi connectivity index (χ2n) is 7.12. The quantitative estimate of drug-likeness (QED) is 0.911. The number of amides is 1. The number of allylic oxidation sites excluding steroid dienone is 2. The second kappa shape index (κ2) is 7.10. The summed E-state index contributed by atoms with van der Waals surface area (Å²) in [5.74, 6) is -0.0282. The van der Waals surface area contributed by atoms with Gasteiger partial charge in [0.1, 0.15) is 0 Å². The molecule has 1 unspecified atom stereocenters. The van der Waals surface area contributed by atoms with E-state index in [0.29, 0.717) is 12.1 Å². The van der Waals surface area contributed by atoms with Crippen LogP contribution in [0.25, 0.3) is 5.57 Å². The van der Waals surface area contributed by atoms with Gasteiger partial charge in [-0.1, -0.05) is 39.0 Å². The maximum absolute atomic E-state index is 12.1. The first-order chi connectivity index (χ1) is 10.3. The largest absolute Gasteiger partial charge is 0.376 e. The summed E-state index contributed by atoms with van der Waals surface area (Å²) in [4.78, 5) is 12.1. The van der Waals surface area contributed by atoms with Crippen molar-refractivity contribution in [2.75, 3.05) is 13.2 Å². The monoisotopic (exact) mass is 301 g/mol. The number of carbonyl (C=O) groups excluding carboxylic acids is 1. The predicted octanol–water partition coefficient (Wildman–Crippen LogP) is 4.04. The van der Waals surface area contributed by atoms with Gasteiger partial charge in [0.15, 0.2) is 0 Å². The van der Waals surface area contributed by atoms with Gasteiger partial charge < -0.3 is 10.1 Å². The Kier molecular flexibility index (Phi) is 5.41. The van der Waals surface area contributed by atoms with Crippen LogP contribution in [0, 0.1) is 5.41 Å². The van der Waals surface area contributed by atoms with Gasteiger partial charge in [-0.3, -0.25) is 4.79 Å². The molecule has 0 radical (unpaired) electrons. The van der Waals surface area contributed by atoms with Crippen LogP contribution >= 0.6 is 0 Å². The molecule has 1 fully saturated rings. The molecule has 1 atom stereocenters. The van der Waals surface area contributed by atoms with Crippen LogP contribution in [-0.4, -0.2) is 25.2 Å². The van der Waals surface area contributed by atoms with Crippen molar-refractivity contribution >= 4 is 11.5 Å². The van der Waals surface area contributed by atoms with Gasteiger partial charge in [-0.2, -0.15) is 0 Å². The molecule has 1 saturated heterocycles. The average Bonchev–Trinajstić information content (AvgIpc) is 2.96. The second-order valence-corrected chi connectivity index (χ2v) is 7.12. The van der Waals surface area contributed by atoms with Crippen molar-refractivity contribution in [2.45, 2.75) is 46.6 Å². The van der Waals surface area contributed by atoms with Crippen molar-refractivity contribution in [1.82, 2.24) is 5.32 Å². The highest BCUT2D eigenvalue weighted by Crippen LogP contribution is 2.23. The zero-order chi connectivity index (χ0) is 16.2. The Labute approximate surface area is 133 Å². The fourth-order valence-corrected chi connectivity index (χ4v) is 2.73. The zero-order valence-corrected chi connectivity index (χ0v) is 14.1. The van der Waals surface area contributed by atoms with Gasteiger partial charge >= 0.3 is 0 Å². The standard InChI is InChI=1S/C19H27NO2/c1-14(12-19(2,3)4)15-7-9-16(10-8-15)18(21)20-13-17-6-5-11-22-17/h7-10,12,17H,5-6,11,13H2,1-4H3,(H,20,21)/b14-12+. The molecule has 120 valence electrons. The van der Waals surface area contributed by atoms with Crippen molar-refractivity contribution in [3.63, 3.8) is 0 Å². The van der Waals surface area contributed by atoms with Crippen LogP contribution in [-0.2, 0) is 4.74 Å². The molecule has 0 saturated carbocycles. The molecule has 3 nitrogen and oxygen atoms in total. The van der Waals surface area contributed by atoms with E-state index < -0.39 is 0 Å². The summed E-state index contributed by atoms with van der Waals surface area (Å²) < 4.78 is 5.51. The number of hydrogen-bond donors (Lipinski definition) is 1. The van der Waals surface area contributed by atoms with E-state index in [2.05, 4.69) is 39.1 Å². The molecule has 1 aliphatic heterocycles. The average molecular weight is 301 g/mol. The van der Waals surface area contributed by atoms with Gasteiger partial charge in [0.2, 0.25) is 0 Å². The fraction of sp³-hybridized carbons (Fsp3) is 0.526. The first kappa shape index (κ1) is 16.8. The Morgan fingerprint density at radius 1 is 1.27 bits per heavy atom. The Hall–Kier alpha value is -1.61. The molecule has 0 bridgehead atoms. The van der Waals surface area contributed by atoms with Crippen molar-refractivity contribution in [1.29, 1.82) is 0 Å². The van der Waals surface area contributed by atoms with E-state index in [4.69, 9.17) is 4.74 Å². The summed E-state index contributed by atoms with van der Waals surface area (Å²) >= 11 is 0. The molecule has 1 amide bonds. The molecule has 1 aliphatic rings. The molecule has 0 spiro atoms. The fourth-order valence-electron chi connectivity index (χ4n) is 2.73. The summed E-state index contributed by atoms with van der Waals surface area (Å²) in [6.45, 7) is 10.1. The van der Waals surface area contributed by atoms with Gasteiger partial charge in [-0.05, 0) is 48.4 Å². The van der Waals surface area contributed by atoms with Crippen LogP contribution in [0.4, 0.5) is 0 Å². The van der Waals surface area contributed by atoms with Gasteiger partial charge in [0, 0.05) is 18.7 Å². The third-order valence-electron chi connectivity index (χ3n) is 3.77. The van der Waals surface area contributed by atoms with Gasteiger partial charge in [0.05, 0.1) is 6.10 Å². The smallest absolute Gasteiger partial charge is 0.251 e. The summed E-state index contributed by atoms with van der Waals surface area (Å²) in [6.07, 6.45) is 4.56. The van der Waals surface area contributed by atoms with Crippen LogP contribution in [0.2, 0.25) is 0 Å². The maximum atomic E-state index is 12.1. The van der Waals surface area contributed by atoms with Crippen molar-refractivity contribution in [2.24, 2.45) is 5.41 Å². The van der Waals surface area contributed by atoms with E-state index in [1.54, 1.807) is 0 Å². The third-order valence-corrected chi connectivity index (χ3v) is 3.77. The number of rotatable bonds is 4. The lowest BCUT2D eigenvalue weighted by Crippen LogP contribution is -2.31. The third kappa shape index (κ3) is 4.99. The Morgan fingerprint density at radius 2 is 1.91 bits per heavy atom. The number of hydrogen-bond acceptors (Lipinski definition) is 2. The van der Waals surface area contributed by atoms with Crippen LogP contribution in [0.1, 0.15) is 56.5 Å². The van der Waals surface area contributed by atoms with Crippen LogP contribution in [0.5, 0.6) is 0 Å². The van der Waals surface area contributed by atoms with E-state index in [0.717, 1.165) is 25.0 Å². The normalized spacial score (nSPS) is 19.3. The Balaban J connectivity index is 1.96. The van der Waals surface area contributed by atoms with E-state index >= 15 is 0 Å². The van der Waals surface area contributed by atoms with E-state index in [9.17, 15) is 4.79 Å². The lowest BCUT2D eigenvalue weighted by atomic mass is 9.91. The lowest BCUT2D eigenvalue weighted by molar-refractivity contribution is 0.0858. The molecule has 0 aromatic heterocycles. The molecule has 22 heavy (non-hydrogen) atoms. The van der Waals surface area contributed by atoms with Crippen LogP contribution < -0.4 is 5.32 Å². The molecule has 0 aliphatic carbocycles. The van der Waals surface area contributed by atoms with Crippen molar-refractivity contribution in [3.05, 3.63) is 41.5 Å². The molecule has 2 rings (SSSR count). The summed E-state index contributed by atoms with van der Waals surface area (Å²) in [5.41, 5.74) is 3.25. The molecular weight excluding hydrogens is 274 g/mol. The van der Waals surface area contributed by atoms with Gasteiger partial charge in [-0.25, -0.2) is 0 Å². The maximum Gasteiger partial charge on any atom is 0.251 e. The summed E-state index contributed by atoms with van der Waals surface area (Å²) in [6, 6.07) is 7.80. The highest BCUT2D eigenvalue weighted by Gasteiger charge is 2.16. The van der Waals surface area contributed by atoms with E-state index in [-0.39, 0.29) is 17.4 Å². The van der Waals surface area contributed by atoms with Crippen molar-refractivity contribution < 1.29 is 9.53 Å². The SMILES string of the molecule is C/C(=C\C(C)(C)C)c1ccc(C(=O)NCC2CCCO2)cc1. The van der Waals surface area contributed by atoms with Crippen molar-refractivity contribution in [3.8, 4) is 0 Å². The minimum absolute atomic E-state index is 0.0282. The lowest BCUT2D eigenvalue weighted by Gasteiger charge is -2.15. The highest BCUT2D eigenvalue weighted by atomic mass is 16.5. The summed E-state index contributed by atoms with van der Waals surface area (Å²) in [7, 11) is 0. The van der Waals surface area contributed by atoms with E-state index in [1.807, 2.05) is 24.3 Å². The Bertz CT molecular complexity index is 532. The summed E-state index contributed by atoms with van der Waals surface area (Å²) in [5, 5.41) is 2.95. The highest BCUT2D eigenvalue weighted by molar-refractivity contribution is 5.94. The zero-order valence-electron chi connectivity index (χ0n) is 14.1. The van der Waals surface area contributed by atoms with E-state index in [1.165, 1.54) is 5.57 Å². The predicted molar refractivity (Wildman–Crippen MR) is 90.9 cm³/mol. The molecule has 1 aromatic carbocycles. The number of nitrogens with one attached hydrogen (secondary N) is 1. The number of carbonyl (C=O) groups is 1.